The van der Waals surface area contributed by atoms with E-state index in [1.54, 1.807) is 29.2 Å². The number of hydrogen-bond acceptors (Lipinski definition) is 4. The number of aromatic nitrogens is 3. The van der Waals surface area contributed by atoms with Gasteiger partial charge in [0.2, 0.25) is 0 Å². The molecule has 2 rings (SSSR count). The summed E-state index contributed by atoms with van der Waals surface area (Å²) in [5.41, 5.74) is 7.23. The Bertz CT molecular complexity index is 472. The fraction of sp³-hybridized carbons (Fsp3) is 0.200. The molecule has 1 atom stereocenters. The Morgan fingerprint density at radius 3 is 2.94 bits per heavy atom. The predicted molar refractivity (Wildman–Crippen MR) is 60.4 cm³/mol. The molecule has 0 spiro atoms. The summed E-state index contributed by atoms with van der Waals surface area (Å²) >= 11 is 6.04. The van der Waals surface area contributed by atoms with E-state index in [2.05, 4.69) is 10.1 Å². The second-order valence-corrected chi connectivity index (χ2v) is 3.75. The van der Waals surface area contributed by atoms with Gasteiger partial charge in [-0.25, -0.2) is 9.67 Å². The molecule has 1 aromatic carbocycles. The maximum Gasteiger partial charge on any atom is 0.138 e. The molecule has 2 aromatic rings. The standard InChI is InChI=1S/C10H11ClN4O/c11-8-2-1-7(9(12)4-16)3-10(8)15-6-13-5-14-15/h1-3,5-6,9,16H,4,12H2. The van der Waals surface area contributed by atoms with Crippen LogP contribution in [0.3, 0.4) is 0 Å². The first-order valence-corrected chi connectivity index (χ1v) is 5.11. The van der Waals surface area contributed by atoms with E-state index >= 15 is 0 Å². The highest BCUT2D eigenvalue weighted by molar-refractivity contribution is 6.32. The van der Waals surface area contributed by atoms with E-state index in [0.717, 1.165) is 5.56 Å². The van der Waals surface area contributed by atoms with Gasteiger partial charge in [-0.05, 0) is 17.7 Å². The Morgan fingerprint density at radius 2 is 2.31 bits per heavy atom. The largest absolute Gasteiger partial charge is 0.394 e. The van der Waals surface area contributed by atoms with E-state index in [0.29, 0.717) is 10.7 Å². The average Bonchev–Trinajstić information content (AvgIpc) is 2.82. The Morgan fingerprint density at radius 1 is 1.50 bits per heavy atom. The lowest BCUT2D eigenvalue weighted by molar-refractivity contribution is 0.268. The van der Waals surface area contributed by atoms with Crippen LogP contribution < -0.4 is 5.73 Å². The minimum absolute atomic E-state index is 0.113. The molecule has 0 bridgehead atoms. The molecule has 0 aliphatic rings. The monoisotopic (exact) mass is 238 g/mol. The zero-order valence-corrected chi connectivity index (χ0v) is 9.17. The molecule has 1 heterocycles. The van der Waals surface area contributed by atoms with Gasteiger partial charge in [-0.15, -0.1) is 0 Å². The van der Waals surface area contributed by atoms with E-state index in [1.807, 2.05) is 0 Å². The van der Waals surface area contributed by atoms with Crippen LogP contribution in [-0.2, 0) is 0 Å². The predicted octanol–water partition coefficient (Wildman–Crippen LogP) is 0.913. The van der Waals surface area contributed by atoms with Crippen LogP contribution in [0.15, 0.2) is 30.9 Å². The Hall–Kier alpha value is -1.43. The normalized spacial score (nSPS) is 12.7. The van der Waals surface area contributed by atoms with Crippen molar-refractivity contribution in [1.82, 2.24) is 14.8 Å². The fourth-order valence-corrected chi connectivity index (χ4v) is 1.58. The van der Waals surface area contributed by atoms with Crippen molar-refractivity contribution < 1.29 is 5.11 Å². The first-order valence-electron chi connectivity index (χ1n) is 4.73. The quantitative estimate of drug-likeness (QED) is 0.834. The molecule has 0 fully saturated rings. The molecule has 6 heteroatoms. The molecule has 0 amide bonds. The number of benzene rings is 1. The molecular formula is C10H11ClN4O. The Balaban J connectivity index is 2.45. The lowest BCUT2D eigenvalue weighted by Crippen LogP contribution is -2.14. The summed E-state index contributed by atoms with van der Waals surface area (Å²) in [7, 11) is 0. The molecular weight excluding hydrogens is 228 g/mol. The molecule has 0 saturated carbocycles. The van der Waals surface area contributed by atoms with Crippen LogP contribution in [0.25, 0.3) is 5.69 Å². The molecule has 5 nitrogen and oxygen atoms in total. The molecule has 84 valence electrons. The van der Waals surface area contributed by atoms with E-state index in [1.165, 1.54) is 6.33 Å². The number of rotatable bonds is 3. The van der Waals surface area contributed by atoms with Crippen LogP contribution in [0.5, 0.6) is 0 Å². The fourth-order valence-electron chi connectivity index (χ4n) is 1.37. The van der Waals surface area contributed by atoms with E-state index in [-0.39, 0.29) is 6.61 Å². The highest BCUT2D eigenvalue weighted by Crippen LogP contribution is 2.23. The summed E-state index contributed by atoms with van der Waals surface area (Å²) in [4.78, 5) is 3.85. The molecule has 16 heavy (non-hydrogen) atoms. The zero-order valence-electron chi connectivity index (χ0n) is 8.42. The maximum atomic E-state index is 8.99. The number of halogens is 1. The van der Waals surface area contributed by atoms with Gasteiger partial charge < -0.3 is 10.8 Å². The summed E-state index contributed by atoms with van der Waals surface area (Å²) < 4.78 is 1.55. The number of aliphatic hydroxyl groups is 1. The molecule has 0 radical (unpaired) electrons. The number of nitrogens with two attached hydrogens (primary N) is 1. The summed E-state index contributed by atoms with van der Waals surface area (Å²) in [6, 6.07) is 4.88. The molecule has 3 N–H and O–H groups in total. The first-order chi connectivity index (χ1) is 7.72. The minimum Gasteiger partial charge on any atom is -0.394 e. The lowest BCUT2D eigenvalue weighted by atomic mass is 10.1. The molecule has 1 unspecified atom stereocenters. The van der Waals surface area contributed by atoms with Crippen molar-refractivity contribution >= 4 is 11.6 Å². The van der Waals surface area contributed by atoms with E-state index < -0.39 is 6.04 Å². The molecule has 0 aliphatic carbocycles. The average molecular weight is 239 g/mol. The topological polar surface area (TPSA) is 77.0 Å². The van der Waals surface area contributed by atoms with Gasteiger partial charge >= 0.3 is 0 Å². The third-order valence-corrected chi connectivity index (χ3v) is 2.58. The van der Waals surface area contributed by atoms with Gasteiger partial charge in [0.1, 0.15) is 12.7 Å². The van der Waals surface area contributed by atoms with Gasteiger partial charge in [-0.2, -0.15) is 5.10 Å². The zero-order chi connectivity index (χ0) is 11.5. The molecule has 1 aromatic heterocycles. The highest BCUT2D eigenvalue weighted by Gasteiger charge is 2.09. The highest BCUT2D eigenvalue weighted by atomic mass is 35.5. The van der Waals surface area contributed by atoms with Crippen LogP contribution in [0.2, 0.25) is 5.02 Å². The third kappa shape index (κ3) is 2.06. The summed E-state index contributed by atoms with van der Waals surface area (Å²) in [5, 5.41) is 13.5. The second kappa shape index (κ2) is 4.61. The Kier molecular flexibility index (Phi) is 3.19. The van der Waals surface area contributed by atoms with Gasteiger partial charge in [-0.1, -0.05) is 17.7 Å². The summed E-state index contributed by atoms with van der Waals surface area (Å²) in [5.74, 6) is 0. The van der Waals surface area contributed by atoms with Crippen molar-refractivity contribution in [2.45, 2.75) is 6.04 Å². The number of nitrogens with zero attached hydrogens (tertiary/aromatic N) is 3. The van der Waals surface area contributed by atoms with Gasteiger partial charge in [0.05, 0.1) is 23.4 Å². The van der Waals surface area contributed by atoms with Crippen molar-refractivity contribution in [3.05, 3.63) is 41.4 Å². The summed E-state index contributed by atoms with van der Waals surface area (Å²) in [6.07, 6.45) is 2.98. The molecule has 0 aliphatic heterocycles. The number of hydrogen-bond donors (Lipinski definition) is 2. The van der Waals surface area contributed by atoms with Crippen LogP contribution in [0, 0.1) is 0 Å². The van der Waals surface area contributed by atoms with Crippen molar-refractivity contribution in [2.24, 2.45) is 5.73 Å². The van der Waals surface area contributed by atoms with Gasteiger partial charge in [0.15, 0.2) is 0 Å². The van der Waals surface area contributed by atoms with Crippen LogP contribution in [0.1, 0.15) is 11.6 Å². The SMILES string of the molecule is NC(CO)c1ccc(Cl)c(-n2cncn2)c1. The van der Waals surface area contributed by atoms with Crippen molar-refractivity contribution in [3.63, 3.8) is 0 Å². The number of aliphatic hydroxyl groups excluding tert-OH is 1. The Labute approximate surface area is 97.5 Å². The maximum absolute atomic E-state index is 8.99. The first kappa shape index (κ1) is 11.1. The minimum atomic E-state index is -0.417. The van der Waals surface area contributed by atoms with Crippen LogP contribution >= 0.6 is 11.6 Å². The third-order valence-electron chi connectivity index (χ3n) is 2.26. The van der Waals surface area contributed by atoms with Crippen molar-refractivity contribution in [1.29, 1.82) is 0 Å². The van der Waals surface area contributed by atoms with Crippen LogP contribution in [-0.4, -0.2) is 26.5 Å². The second-order valence-electron chi connectivity index (χ2n) is 3.34. The van der Waals surface area contributed by atoms with Gasteiger partial charge in [-0.3, -0.25) is 0 Å². The lowest BCUT2D eigenvalue weighted by Gasteiger charge is -2.11. The van der Waals surface area contributed by atoms with E-state index in [4.69, 9.17) is 22.4 Å². The van der Waals surface area contributed by atoms with Gasteiger partial charge in [0, 0.05) is 0 Å². The van der Waals surface area contributed by atoms with E-state index in [9.17, 15) is 0 Å². The van der Waals surface area contributed by atoms with Crippen LogP contribution in [0.4, 0.5) is 0 Å². The van der Waals surface area contributed by atoms with Crippen molar-refractivity contribution in [2.75, 3.05) is 6.61 Å². The summed E-state index contributed by atoms with van der Waals surface area (Å²) in [6.45, 7) is -0.113. The molecule has 0 saturated heterocycles. The van der Waals surface area contributed by atoms with Crippen molar-refractivity contribution in [3.8, 4) is 5.69 Å². The van der Waals surface area contributed by atoms with Gasteiger partial charge in [0.25, 0.3) is 0 Å². The smallest absolute Gasteiger partial charge is 0.138 e.